The minimum absolute atomic E-state index is 0.0862. The number of aryl methyl sites for hydroxylation is 1. The van der Waals surface area contributed by atoms with E-state index in [0.717, 1.165) is 16.8 Å². The van der Waals surface area contributed by atoms with Gasteiger partial charge >= 0.3 is 0 Å². The highest BCUT2D eigenvalue weighted by Crippen LogP contribution is 2.19. The van der Waals surface area contributed by atoms with Gasteiger partial charge in [0.05, 0.1) is 5.75 Å². The molecule has 6 nitrogen and oxygen atoms in total. The zero-order valence-electron chi connectivity index (χ0n) is 15.6. The van der Waals surface area contributed by atoms with E-state index in [1.165, 1.54) is 23.1 Å². The lowest BCUT2D eigenvalue weighted by molar-refractivity contribution is -0.118. The zero-order valence-corrected chi connectivity index (χ0v) is 18.0. The van der Waals surface area contributed by atoms with Gasteiger partial charge in [-0.1, -0.05) is 59.3 Å². The summed E-state index contributed by atoms with van der Waals surface area (Å²) >= 11 is 8.72. The first-order chi connectivity index (χ1) is 14.0. The number of thioether (sulfide) groups is 1. The van der Waals surface area contributed by atoms with Gasteiger partial charge in [-0.3, -0.25) is 9.59 Å². The maximum Gasteiger partial charge on any atom is 0.286 e. The van der Waals surface area contributed by atoms with Gasteiger partial charge in [-0.2, -0.15) is 0 Å². The van der Waals surface area contributed by atoms with Crippen molar-refractivity contribution in [3.05, 3.63) is 74.7 Å². The summed E-state index contributed by atoms with van der Waals surface area (Å²) in [7, 11) is 0. The molecule has 0 aliphatic heterocycles. The molecule has 0 radical (unpaired) electrons. The largest absolute Gasteiger partial charge is 0.351 e. The van der Waals surface area contributed by atoms with Crippen molar-refractivity contribution >= 4 is 52.2 Å². The number of nitrogens with zero attached hydrogens (tertiary/aromatic N) is 2. The third kappa shape index (κ3) is 6.28. The smallest absolute Gasteiger partial charge is 0.286 e. The molecule has 2 N–H and O–H groups in total. The number of benzene rings is 2. The first-order valence-corrected chi connectivity index (χ1v) is 11.1. The van der Waals surface area contributed by atoms with Gasteiger partial charge in [0.15, 0.2) is 0 Å². The Hall–Kier alpha value is -2.42. The Bertz CT molecular complexity index is 1010. The van der Waals surface area contributed by atoms with E-state index in [2.05, 4.69) is 20.8 Å². The molecule has 29 heavy (non-hydrogen) atoms. The van der Waals surface area contributed by atoms with Crippen molar-refractivity contribution in [1.82, 2.24) is 15.5 Å². The van der Waals surface area contributed by atoms with Crippen LogP contribution in [0.4, 0.5) is 5.69 Å². The van der Waals surface area contributed by atoms with Gasteiger partial charge in [0, 0.05) is 23.0 Å². The number of para-hydroxylation sites is 1. The van der Waals surface area contributed by atoms with Crippen LogP contribution in [-0.2, 0) is 17.1 Å². The lowest BCUT2D eigenvalue weighted by atomic mass is 10.2. The van der Waals surface area contributed by atoms with Crippen LogP contribution in [0.15, 0.2) is 48.5 Å². The van der Waals surface area contributed by atoms with E-state index in [1.54, 1.807) is 6.07 Å². The zero-order chi connectivity index (χ0) is 20.6. The molecule has 0 unspecified atom stereocenters. The maximum atomic E-state index is 12.3. The average molecular weight is 447 g/mol. The van der Waals surface area contributed by atoms with Gasteiger partial charge in [-0.25, -0.2) is 0 Å². The minimum atomic E-state index is -0.287. The van der Waals surface area contributed by atoms with Crippen LogP contribution in [0, 0.1) is 6.92 Å². The van der Waals surface area contributed by atoms with Gasteiger partial charge < -0.3 is 10.6 Å². The normalized spacial score (nSPS) is 10.6. The van der Waals surface area contributed by atoms with E-state index < -0.39 is 0 Å². The summed E-state index contributed by atoms with van der Waals surface area (Å²) in [5.41, 5.74) is 2.60. The van der Waals surface area contributed by atoms with Gasteiger partial charge in [-0.05, 0) is 30.2 Å². The predicted molar refractivity (Wildman–Crippen MR) is 119 cm³/mol. The number of hydrogen-bond donors (Lipinski definition) is 2. The Labute approximate surface area is 182 Å². The molecule has 9 heteroatoms. The molecule has 0 saturated heterocycles. The SMILES string of the molecule is Cc1ccccc1NC(=O)c1nnc(CSCC(=O)NCc2ccccc2Cl)s1. The molecule has 0 aliphatic rings. The summed E-state index contributed by atoms with van der Waals surface area (Å²) in [6, 6.07) is 14.9. The number of amides is 2. The molecule has 2 aromatic carbocycles. The predicted octanol–water partition coefficient (Wildman–Crippen LogP) is 4.30. The average Bonchev–Trinajstić information content (AvgIpc) is 3.18. The van der Waals surface area contributed by atoms with Crippen molar-refractivity contribution < 1.29 is 9.59 Å². The molecule has 3 rings (SSSR count). The second kappa shape index (κ2) is 10.4. The molecule has 0 fully saturated rings. The van der Waals surface area contributed by atoms with Crippen LogP contribution >= 0.6 is 34.7 Å². The van der Waals surface area contributed by atoms with E-state index >= 15 is 0 Å². The van der Waals surface area contributed by atoms with Crippen molar-refractivity contribution in [1.29, 1.82) is 0 Å². The number of anilines is 1. The topological polar surface area (TPSA) is 84.0 Å². The molecule has 0 aliphatic carbocycles. The summed E-state index contributed by atoms with van der Waals surface area (Å²) in [5.74, 6) is 0.423. The van der Waals surface area contributed by atoms with Crippen LogP contribution in [0.1, 0.15) is 25.9 Å². The van der Waals surface area contributed by atoms with Crippen LogP contribution in [0.25, 0.3) is 0 Å². The Morgan fingerprint density at radius 2 is 1.86 bits per heavy atom. The molecule has 1 aromatic heterocycles. The molecule has 2 amide bonds. The second-order valence-corrected chi connectivity index (χ2v) is 8.59. The number of hydrogen-bond acceptors (Lipinski definition) is 6. The number of carbonyl (C=O) groups excluding carboxylic acids is 2. The quantitative estimate of drug-likeness (QED) is 0.538. The molecule has 0 spiro atoms. The molecule has 0 atom stereocenters. The fraction of sp³-hybridized carbons (Fsp3) is 0.200. The monoisotopic (exact) mass is 446 g/mol. The molecule has 1 heterocycles. The summed E-state index contributed by atoms with van der Waals surface area (Å²) in [4.78, 5) is 24.3. The van der Waals surface area contributed by atoms with Crippen molar-refractivity contribution in [2.75, 3.05) is 11.1 Å². The molecule has 0 bridgehead atoms. The summed E-state index contributed by atoms with van der Waals surface area (Å²) in [5, 5.41) is 15.3. The third-order valence-electron chi connectivity index (χ3n) is 3.95. The van der Waals surface area contributed by atoms with E-state index in [9.17, 15) is 9.59 Å². The lowest BCUT2D eigenvalue weighted by Gasteiger charge is -2.06. The summed E-state index contributed by atoms with van der Waals surface area (Å²) < 4.78 is 0. The first-order valence-electron chi connectivity index (χ1n) is 8.80. The first kappa shape index (κ1) is 21.3. The molecule has 3 aromatic rings. The van der Waals surface area contributed by atoms with Crippen molar-refractivity contribution in [2.45, 2.75) is 19.2 Å². The van der Waals surface area contributed by atoms with Crippen LogP contribution in [-0.4, -0.2) is 27.8 Å². The number of rotatable bonds is 8. The number of halogens is 1. The van der Waals surface area contributed by atoms with Gasteiger partial charge in [0.2, 0.25) is 10.9 Å². The fourth-order valence-corrected chi connectivity index (χ4v) is 4.25. The van der Waals surface area contributed by atoms with E-state index in [-0.39, 0.29) is 17.6 Å². The molecular formula is C20H19ClN4O2S2. The van der Waals surface area contributed by atoms with Gasteiger partial charge in [0.1, 0.15) is 5.01 Å². The Morgan fingerprint density at radius 1 is 1.10 bits per heavy atom. The van der Waals surface area contributed by atoms with Crippen molar-refractivity contribution in [2.24, 2.45) is 0 Å². The molecule has 150 valence electrons. The van der Waals surface area contributed by atoms with Crippen LogP contribution in [0.5, 0.6) is 0 Å². The van der Waals surface area contributed by atoms with Crippen LogP contribution in [0.3, 0.4) is 0 Å². The Balaban J connectivity index is 1.43. The van der Waals surface area contributed by atoms with E-state index in [0.29, 0.717) is 27.3 Å². The number of aromatic nitrogens is 2. The van der Waals surface area contributed by atoms with Crippen molar-refractivity contribution in [3.8, 4) is 0 Å². The highest BCUT2D eigenvalue weighted by Gasteiger charge is 2.14. The van der Waals surface area contributed by atoms with E-state index in [4.69, 9.17) is 11.6 Å². The molecule has 0 saturated carbocycles. The lowest BCUT2D eigenvalue weighted by Crippen LogP contribution is -2.24. The molecular weight excluding hydrogens is 428 g/mol. The Morgan fingerprint density at radius 3 is 2.66 bits per heavy atom. The Kier molecular flexibility index (Phi) is 7.62. The second-order valence-electron chi connectivity index (χ2n) is 6.13. The van der Waals surface area contributed by atoms with E-state index in [1.807, 2.05) is 49.4 Å². The van der Waals surface area contributed by atoms with Gasteiger partial charge in [-0.15, -0.1) is 22.0 Å². The number of carbonyl (C=O) groups is 2. The summed E-state index contributed by atoms with van der Waals surface area (Å²) in [6.07, 6.45) is 0. The van der Waals surface area contributed by atoms with Crippen LogP contribution in [0.2, 0.25) is 5.02 Å². The third-order valence-corrected chi connectivity index (χ3v) is 6.36. The number of nitrogens with one attached hydrogen (secondary N) is 2. The highest BCUT2D eigenvalue weighted by molar-refractivity contribution is 7.99. The van der Waals surface area contributed by atoms with Crippen LogP contribution < -0.4 is 10.6 Å². The highest BCUT2D eigenvalue weighted by atomic mass is 35.5. The van der Waals surface area contributed by atoms with Crippen molar-refractivity contribution in [3.63, 3.8) is 0 Å². The maximum absolute atomic E-state index is 12.3. The fourth-order valence-electron chi connectivity index (χ4n) is 2.41. The minimum Gasteiger partial charge on any atom is -0.351 e. The summed E-state index contributed by atoms with van der Waals surface area (Å²) in [6.45, 7) is 2.32. The standard InChI is InChI=1S/C20H19ClN4O2S2/c1-13-6-2-5-9-16(13)23-19(27)20-25-24-18(29-20)12-28-11-17(26)22-10-14-7-3-4-8-15(14)21/h2-9H,10-12H2,1H3,(H,22,26)(H,23,27). The van der Waals surface area contributed by atoms with Gasteiger partial charge in [0.25, 0.3) is 5.91 Å².